The van der Waals surface area contributed by atoms with E-state index in [2.05, 4.69) is 9.97 Å². The van der Waals surface area contributed by atoms with Crippen molar-refractivity contribution in [2.45, 2.75) is 0 Å². The third-order valence-electron chi connectivity index (χ3n) is 4.30. The number of amides is 1. The van der Waals surface area contributed by atoms with E-state index in [9.17, 15) is 18.5 Å². The van der Waals surface area contributed by atoms with Crippen LogP contribution in [0.2, 0.25) is 0 Å². The van der Waals surface area contributed by atoms with Crippen molar-refractivity contribution in [3.05, 3.63) is 102 Å². The minimum absolute atomic E-state index is 0.0910. The van der Waals surface area contributed by atoms with E-state index < -0.39 is 17.5 Å². The number of carbonyl (C=O) groups is 2. The highest BCUT2D eigenvalue weighted by Crippen LogP contribution is 2.24. The molecule has 0 bridgehead atoms. The Hall–Kier alpha value is -4.00. The fourth-order valence-electron chi connectivity index (χ4n) is 2.90. The molecule has 0 aliphatic heterocycles. The summed E-state index contributed by atoms with van der Waals surface area (Å²) in [5, 5.41) is -0.180. The molecular formula is C22H13F2N3O2. The minimum atomic E-state index is -0.962. The molecule has 0 unspecified atom stereocenters. The van der Waals surface area contributed by atoms with E-state index in [1.807, 2.05) is 0 Å². The van der Waals surface area contributed by atoms with Crippen molar-refractivity contribution in [2.24, 2.45) is 0 Å². The molecule has 0 saturated heterocycles. The quantitative estimate of drug-likeness (QED) is 0.380. The zero-order chi connectivity index (χ0) is 20.4. The Kier molecular flexibility index (Phi) is 4.78. The monoisotopic (exact) mass is 389 g/mol. The number of halogens is 2. The first-order valence-corrected chi connectivity index (χ1v) is 8.64. The lowest BCUT2D eigenvalue weighted by Crippen LogP contribution is -2.22. The summed E-state index contributed by atoms with van der Waals surface area (Å²) in [7, 11) is 0. The molecule has 0 fully saturated rings. The summed E-state index contributed by atoms with van der Waals surface area (Å²) in [6.45, 7) is 0. The normalized spacial score (nSPS) is 10.7. The van der Waals surface area contributed by atoms with Crippen LogP contribution in [0.1, 0.15) is 26.3 Å². The second-order valence-electron chi connectivity index (χ2n) is 6.24. The summed E-state index contributed by atoms with van der Waals surface area (Å²) >= 11 is 0. The molecule has 1 heterocycles. The van der Waals surface area contributed by atoms with Gasteiger partial charge in [-0.25, -0.2) is 4.39 Å². The molecule has 0 aliphatic carbocycles. The van der Waals surface area contributed by atoms with E-state index in [0.29, 0.717) is 11.0 Å². The fourth-order valence-corrected chi connectivity index (χ4v) is 2.90. The maximum atomic E-state index is 14.6. The van der Waals surface area contributed by atoms with Crippen LogP contribution < -0.4 is 5.12 Å². The number of carbonyl (C=O) groups excluding carboxylic acids is 2. The van der Waals surface area contributed by atoms with Gasteiger partial charge in [-0.3, -0.25) is 19.6 Å². The fraction of sp³-hybridized carbons (Fsp3) is 0. The molecule has 4 rings (SSSR count). The summed E-state index contributed by atoms with van der Waals surface area (Å²) in [5.74, 6) is -2.33. The van der Waals surface area contributed by atoms with Crippen LogP contribution in [0.4, 0.5) is 14.6 Å². The lowest BCUT2D eigenvalue weighted by atomic mass is 10.0. The van der Waals surface area contributed by atoms with Crippen LogP contribution in [0.5, 0.6) is 0 Å². The van der Waals surface area contributed by atoms with Crippen LogP contribution in [0.25, 0.3) is 11.0 Å². The van der Waals surface area contributed by atoms with Gasteiger partial charge in [0.1, 0.15) is 5.82 Å². The van der Waals surface area contributed by atoms with E-state index in [1.165, 1.54) is 36.7 Å². The number of aromatic nitrogens is 2. The second kappa shape index (κ2) is 7.55. The zero-order valence-electron chi connectivity index (χ0n) is 14.9. The molecule has 1 aromatic heterocycles. The van der Waals surface area contributed by atoms with Crippen LogP contribution >= 0.6 is 0 Å². The molecule has 3 aromatic carbocycles. The first-order valence-electron chi connectivity index (χ1n) is 8.64. The number of rotatable bonds is 4. The zero-order valence-corrected chi connectivity index (χ0v) is 14.9. The third kappa shape index (κ3) is 3.70. The minimum Gasteiger partial charge on any atom is -0.289 e. The Morgan fingerprint density at radius 2 is 1.48 bits per heavy atom. The van der Waals surface area contributed by atoms with Crippen molar-refractivity contribution >= 4 is 28.4 Å². The summed E-state index contributed by atoms with van der Waals surface area (Å²) in [5.41, 5.74) is 0.984. The Balaban J connectivity index is 1.68. The highest BCUT2D eigenvalue weighted by atomic mass is 19.2. The number of anilines is 1. The average Bonchev–Trinajstić information content (AvgIpc) is 2.77. The summed E-state index contributed by atoms with van der Waals surface area (Å²) < 4.78 is 28.7. The van der Waals surface area contributed by atoms with Crippen LogP contribution in [0, 0.1) is 5.82 Å². The largest absolute Gasteiger partial charge is 0.289 e. The molecule has 4 aromatic rings. The second-order valence-corrected chi connectivity index (χ2v) is 6.24. The van der Waals surface area contributed by atoms with E-state index in [-0.39, 0.29) is 27.5 Å². The lowest BCUT2D eigenvalue weighted by molar-refractivity contribution is 0.0930. The molecule has 0 aliphatic rings. The molecular weight excluding hydrogens is 376 g/mol. The number of benzene rings is 3. The first kappa shape index (κ1) is 18.4. The summed E-state index contributed by atoms with van der Waals surface area (Å²) in [6.07, 6.45) is 3.02. The van der Waals surface area contributed by atoms with Crippen LogP contribution in [-0.4, -0.2) is 21.7 Å². The van der Waals surface area contributed by atoms with Gasteiger partial charge in [-0.1, -0.05) is 22.7 Å². The highest BCUT2D eigenvalue weighted by Gasteiger charge is 2.20. The van der Waals surface area contributed by atoms with Gasteiger partial charge in [0.05, 0.1) is 16.7 Å². The van der Waals surface area contributed by atoms with E-state index in [0.717, 1.165) is 18.2 Å². The molecule has 0 N–H and O–H groups in total. The average molecular weight is 389 g/mol. The van der Waals surface area contributed by atoms with Gasteiger partial charge in [0, 0.05) is 35.2 Å². The van der Waals surface area contributed by atoms with Crippen molar-refractivity contribution in [3.8, 4) is 0 Å². The van der Waals surface area contributed by atoms with Crippen molar-refractivity contribution < 1.29 is 18.5 Å². The van der Waals surface area contributed by atoms with Crippen molar-refractivity contribution in [2.75, 3.05) is 5.12 Å². The van der Waals surface area contributed by atoms with Crippen molar-refractivity contribution in [3.63, 3.8) is 0 Å². The SMILES string of the molecule is O=C(c1cc(F)cc(N(F)C(=O)c2ccccc2)c1)c1ccc2nccnc2c1. The maximum absolute atomic E-state index is 14.6. The molecule has 0 radical (unpaired) electrons. The molecule has 0 saturated carbocycles. The van der Waals surface area contributed by atoms with Gasteiger partial charge in [0.25, 0.3) is 5.91 Å². The molecule has 29 heavy (non-hydrogen) atoms. The molecule has 0 spiro atoms. The van der Waals surface area contributed by atoms with E-state index in [4.69, 9.17) is 0 Å². The predicted molar refractivity (Wildman–Crippen MR) is 104 cm³/mol. The third-order valence-corrected chi connectivity index (χ3v) is 4.30. The van der Waals surface area contributed by atoms with E-state index >= 15 is 0 Å². The van der Waals surface area contributed by atoms with Crippen LogP contribution in [0.3, 0.4) is 0 Å². The van der Waals surface area contributed by atoms with Gasteiger partial charge >= 0.3 is 0 Å². The molecule has 7 heteroatoms. The van der Waals surface area contributed by atoms with Crippen LogP contribution in [0.15, 0.2) is 79.1 Å². The molecule has 142 valence electrons. The van der Waals surface area contributed by atoms with E-state index in [1.54, 1.807) is 24.3 Å². The lowest BCUT2D eigenvalue weighted by Gasteiger charge is -2.13. The van der Waals surface area contributed by atoms with Crippen molar-refractivity contribution in [1.82, 2.24) is 9.97 Å². The van der Waals surface area contributed by atoms with Gasteiger partial charge in [0.2, 0.25) is 0 Å². The summed E-state index contributed by atoms with van der Waals surface area (Å²) in [4.78, 5) is 33.4. The van der Waals surface area contributed by atoms with Crippen molar-refractivity contribution in [1.29, 1.82) is 0 Å². The smallest absolute Gasteiger partial charge is 0.286 e. The van der Waals surface area contributed by atoms with Gasteiger partial charge in [0.15, 0.2) is 5.78 Å². The maximum Gasteiger partial charge on any atom is 0.286 e. The number of hydrogen-bond donors (Lipinski definition) is 0. The Bertz CT molecular complexity index is 1230. The Labute approximate surface area is 164 Å². The topological polar surface area (TPSA) is 63.2 Å². The predicted octanol–water partition coefficient (Wildman–Crippen LogP) is 4.53. The molecule has 0 atom stereocenters. The van der Waals surface area contributed by atoms with Gasteiger partial charge < -0.3 is 0 Å². The number of fused-ring (bicyclic) bond motifs is 1. The molecule has 1 amide bonds. The number of hydrogen-bond acceptors (Lipinski definition) is 4. The standard InChI is InChI=1S/C22H13F2N3O2/c23-17-10-16(21(28)15-6-7-19-20(12-15)26-9-8-25-19)11-18(13-17)27(24)22(29)14-4-2-1-3-5-14/h1-13H. The Morgan fingerprint density at radius 1 is 0.759 bits per heavy atom. The van der Waals surface area contributed by atoms with Gasteiger partial charge in [-0.2, -0.15) is 0 Å². The van der Waals surface area contributed by atoms with Gasteiger partial charge in [-0.15, -0.1) is 5.12 Å². The number of ketones is 1. The first-order chi connectivity index (χ1) is 14.0. The molecule has 5 nitrogen and oxygen atoms in total. The van der Waals surface area contributed by atoms with Crippen LogP contribution in [-0.2, 0) is 0 Å². The number of nitrogens with zero attached hydrogens (tertiary/aromatic N) is 3. The van der Waals surface area contributed by atoms with Gasteiger partial charge in [-0.05, 0) is 42.5 Å². The Morgan fingerprint density at radius 3 is 2.24 bits per heavy atom. The highest BCUT2D eigenvalue weighted by molar-refractivity contribution is 6.11. The summed E-state index contributed by atoms with van der Waals surface area (Å²) in [6, 6.07) is 15.4.